The zero-order valence-electron chi connectivity index (χ0n) is 17.7. The molecule has 0 atom stereocenters. The highest BCUT2D eigenvalue weighted by molar-refractivity contribution is 5.92. The summed E-state index contributed by atoms with van der Waals surface area (Å²) in [5, 5.41) is 6.09. The number of nitrogens with one attached hydrogen (secondary N) is 2. The van der Waals surface area contributed by atoms with Crippen LogP contribution in [0.5, 0.6) is 0 Å². The molecule has 0 radical (unpaired) electrons. The first-order valence-corrected chi connectivity index (χ1v) is 10.4. The van der Waals surface area contributed by atoms with Crippen LogP contribution in [-0.2, 0) is 0 Å². The maximum absolute atomic E-state index is 12.3. The number of piperidine rings is 1. The fraction of sp³-hybridized carbons (Fsp3) is 0.500. The number of anilines is 3. The fourth-order valence-electron chi connectivity index (χ4n) is 3.38. The normalized spacial score (nSPS) is 14.8. The van der Waals surface area contributed by atoms with E-state index in [0.29, 0.717) is 18.2 Å². The van der Waals surface area contributed by atoms with Crippen LogP contribution in [0.1, 0.15) is 36.7 Å². The molecule has 2 heterocycles. The standard InChI is InChI=1S/C22H32N6O/c1-17-10-15-28(16-11-17)19-7-5-18(6-8-19)25-22-24-13-9-20(26-22)21(29)23-12-4-14-27(2)3/h5-9,13,17H,4,10-12,14-16H2,1-3H3,(H,23,29)(H,24,25,26). The monoisotopic (exact) mass is 396 g/mol. The third-order valence-electron chi connectivity index (χ3n) is 5.23. The number of hydrogen-bond donors (Lipinski definition) is 2. The van der Waals surface area contributed by atoms with Crippen LogP contribution >= 0.6 is 0 Å². The van der Waals surface area contributed by atoms with E-state index in [4.69, 9.17) is 0 Å². The Morgan fingerprint density at radius 2 is 1.90 bits per heavy atom. The van der Waals surface area contributed by atoms with Gasteiger partial charge in [0.15, 0.2) is 0 Å². The maximum Gasteiger partial charge on any atom is 0.270 e. The van der Waals surface area contributed by atoms with E-state index in [0.717, 1.165) is 37.7 Å². The van der Waals surface area contributed by atoms with Crippen LogP contribution in [0.15, 0.2) is 36.5 Å². The van der Waals surface area contributed by atoms with Crippen molar-refractivity contribution in [3.05, 3.63) is 42.2 Å². The highest BCUT2D eigenvalue weighted by Gasteiger charge is 2.16. The molecule has 156 valence electrons. The zero-order valence-corrected chi connectivity index (χ0v) is 17.7. The van der Waals surface area contributed by atoms with Crippen molar-refractivity contribution in [2.75, 3.05) is 50.5 Å². The minimum absolute atomic E-state index is 0.177. The predicted molar refractivity (Wildman–Crippen MR) is 118 cm³/mol. The Kier molecular flexibility index (Phi) is 7.41. The van der Waals surface area contributed by atoms with Crippen LogP contribution in [0.2, 0.25) is 0 Å². The Labute approximate surface area is 173 Å². The van der Waals surface area contributed by atoms with Crippen LogP contribution in [0.3, 0.4) is 0 Å². The zero-order chi connectivity index (χ0) is 20.6. The van der Waals surface area contributed by atoms with E-state index in [1.807, 2.05) is 26.2 Å². The highest BCUT2D eigenvalue weighted by atomic mass is 16.1. The summed E-state index contributed by atoms with van der Waals surface area (Å²) in [5.41, 5.74) is 2.52. The van der Waals surface area contributed by atoms with Crippen molar-refractivity contribution in [1.29, 1.82) is 0 Å². The molecule has 1 aromatic heterocycles. The fourth-order valence-corrected chi connectivity index (χ4v) is 3.38. The Morgan fingerprint density at radius 1 is 1.17 bits per heavy atom. The van der Waals surface area contributed by atoms with E-state index >= 15 is 0 Å². The molecular formula is C22H32N6O. The Morgan fingerprint density at radius 3 is 2.59 bits per heavy atom. The van der Waals surface area contributed by atoms with Crippen molar-refractivity contribution in [3.8, 4) is 0 Å². The number of benzene rings is 1. The topological polar surface area (TPSA) is 73.4 Å². The summed E-state index contributed by atoms with van der Waals surface area (Å²) >= 11 is 0. The quantitative estimate of drug-likeness (QED) is 0.668. The van der Waals surface area contributed by atoms with Gasteiger partial charge in [-0.15, -0.1) is 0 Å². The van der Waals surface area contributed by atoms with Crippen molar-refractivity contribution in [2.24, 2.45) is 5.92 Å². The Hall–Kier alpha value is -2.67. The highest BCUT2D eigenvalue weighted by Crippen LogP contribution is 2.24. The lowest BCUT2D eigenvalue weighted by atomic mass is 9.99. The average Bonchev–Trinajstić information content (AvgIpc) is 2.72. The summed E-state index contributed by atoms with van der Waals surface area (Å²) in [4.78, 5) is 25.4. The van der Waals surface area contributed by atoms with Gasteiger partial charge in [0.25, 0.3) is 5.91 Å². The molecule has 7 heteroatoms. The van der Waals surface area contributed by atoms with Gasteiger partial charge in [-0.25, -0.2) is 9.97 Å². The van der Waals surface area contributed by atoms with Crippen molar-refractivity contribution < 1.29 is 4.79 Å². The molecule has 1 saturated heterocycles. The Balaban J connectivity index is 1.55. The summed E-state index contributed by atoms with van der Waals surface area (Å²) < 4.78 is 0. The molecule has 1 aliphatic rings. The molecule has 2 N–H and O–H groups in total. The molecule has 1 fully saturated rings. The predicted octanol–water partition coefficient (Wildman–Crippen LogP) is 3.14. The van der Waals surface area contributed by atoms with Crippen LogP contribution in [-0.4, -0.2) is 61.0 Å². The number of aromatic nitrogens is 2. The average molecular weight is 397 g/mol. The molecule has 0 spiro atoms. The first-order chi connectivity index (χ1) is 14.0. The van der Waals surface area contributed by atoms with Gasteiger partial charge >= 0.3 is 0 Å². The molecule has 1 aliphatic heterocycles. The lowest BCUT2D eigenvalue weighted by molar-refractivity contribution is 0.0947. The second-order valence-electron chi connectivity index (χ2n) is 8.02. The number of nitrogens with zero attached hydrogens (tertiary/aromatic N) is 4. The van der Waals surface area contributed by atoms with Gasteiger partial charge in [0, 0.05) is 37.2 Å². The van der Waals surface area contributed by atoms with Gasteiger partial charge in [-0.05, 0) is 76.2 Å². The molecule has 0 unspecified atom stereocenters. The van der Waals surface area contributed by atoms with Crippen molar-refractivity contribution in [2.45, 2.75) is 26.2 Å². The number of amides is 1. The summed E-state index contributed by atoms with van der Waals surface area (Å²) in [6.07, 6.45) is 5.00. The maximum atomic E-state index is 12.3. The van der Waals surface area contributed by atoms with Gasteiger partial charge < -0.3 is 20.4 Å². The van der Waals surface area contributed by atoms with Crippen LogP contribution in [0, 0.1) is 5.92 Å². The number of carbonyl (C=O) groups is 1. The molecule has 0 saturated carbocycles. The largest absolute Gasteiger partial charge is 0.372 e. The van der Waals surface area contributed by atoms with Crippen LogP contribution in [0.25, 0.3) is 0 Å². The second-order valence-corrected chi connectivity index (χ2v) is 8.02. The molecule has 0 aliphatic carbocycles. The summed E-state index contributed by atoms with van der Waals surface area (Å²) in [6, 6.07) is 9.95. The number of carbonyl (C=O) groups excluding carboxylic acids is 1. The minimum atomic E-state index is -0.177. The first-order valence-electron chi connectivity index (χ1n) is 10.4. The van der Waals surface area contributed by atoms with E-state index in [-0.39, 0.29) is 5.91 Å². The van der Waals surface area contributed by atoms with E-state index in [1.54, 1.807) is 12.3 Å². The van der Waals surface area contributed by atoms with Crippen molar-refractivity contribution in [1.82, 2.24) is 20.2 Å². The van der Waals surface area contributed by atoms with Gasteiger partial charge in [-0.3, -0.25) is 4.79 Å². The van der Waals surface area contributed by atoms with Crippen molar-refractivity contribution in [3.63, 3.8) is 0 Å². The number of rotatable bonds is 8. The van der Waals surface area contributed by atoms with Crippen LogP contribution in [0.4, 0.5) is 17.3 Å². The van der Waals surface area contributed by atoms with Gasteiger partial charge in [-0.2, -0.15) is 0 Å². The molecule has 0 bridgehead atoms. The molecule has 2 aromatic rings. The molecule has 7 nitrogen and oxygen atoms in total. The van der Waals surface area contributed by atoms with E-state index in [2.05, 4.69) is 49.5 Å². The van der Waals surface area contributed by atoms with Crippen molar-refractivity contribution >= 4 is 23.2 Å². The summed E-state index contributed by atoms with van der Waals surface area (Å²) in [6.45, 7) is 6.11. The molecule has 29 heavy (non-hydrogen) atoms. The van der Waals surface area contributed by atoms with E-state index in [1.165, 1.54) is 18.5 Å². The van der Waals surface area contributed by atoms with Gasteiger partial charge in [-0.1, -0.05) is 6.92 Å². The third kappa shape index (κ3) is 6.42. The van der Waals surface area contributed by atoms with E-state index < -0.39 is 0 Å². The summed E-state index contributed by atoms with van der Waals surface area (Å²) in [5.74, 6) is 1.07. The lowest BCUT2D eigenvalue weighted by Crippen LogP contribution is -2.32. The lowest BCUT2D eigenvalue weighted by Gasteiger charge is -2.32. The Bertz CT molecular complexity index is 784. The molecule has 1 aromatic carbocycles. The smallest absolute Gasteiger partial charge is 0.270 e. The van der Waals surface area contributed by atoms with Gasteiger partial charge in [0.05, 0.1) is 0 Å². The van der Waals surface area contributed by atoms with Gasteiger partial charge in [0.1, 0.15) is 5.69 Å². The second kappa shape index (κ2) is 10.2. The van der Waals surface area contributed by atoms with Crippen LogP contribution < -0.4 is 15.5 Å². The molecule has 1 amide bonds. The van der Waals surface area contributed by atoms with E-state index in [9.17, 15) is 4.79 Å². The summed E-state index contributed by atoms with van der Waals surface area (Å²) in [7, 11) is 4.04. The number of hydrogen-bond acceptors (Lipinski definition) is 6. The third-order valence-corrected chi connectivity index (χ3v) is 5.23. The first kappa shape index (κ1) is 21.0. The minimum Gasteiger partial charge on any atom is -0.372 e. The molecular weight excluding hydrogens is 364 g/mol. The molecule has 3 rings (SSSR count). The van der Waals surface area contributed by atoms with Gasteiger partial charge in [0.2, 0.25) is 5.95 Å². The SMILES string of the molecule is CC1CCN(c2ccc(Nc3nccc(C(=O)NCCCN(C)C)n3)cc2)CC1.